The van der Waals surface area contributed by atoms with E-state index in [9.17, 15) is 10.1 Å². The number of fused-ring (bicyclic) bond motifs is 3. The smallest absolute Gasteiger partial charge is 0.279 e. The summed E-state index contributed by atoms with van der Waals surface area (Å²) in [6, 6.07) is 4.87. The fourth-order valence-electron chi connectivity index (χ4n) is 2.27. The van der Waals surface area contributed by atoms with Gasteiger partial charge in [0.15, 0.2) is 0 Å². The van der Waals surface area contributed by atoms with Gasteiger partial charge in [0, 0.05) is 6.07 Å². The first-order valence-electron chi connectivity index (χ1n) is 5.12. The summed E-state index contributed by atoms with van der Waals surface area (Å²) in [7, 11) is 0. The van der Waals surface area contributed by atoms with Crippen molar-refractivity contribution in [2.45, 2.75) is 31.7 Å². The first kappa shape index (κ1) is 9.59. The van der Waals surface area contributed by atoms with Crippen molar-refractivity contribution in [3.8, 4) is 5.75 Å². The molecule has 1 fully saturated rings. The van der Waals surface area contributed by atoms with Gasteiger partial charge in [-0.2, -0.15) is 0 Å². The predicted molar refractivity (Wildman–Crippen MR) is 55.4 cm³/mol. The normalized spacial score (nSPS) is 28.6. The molecule has 0 amide bonds. The van der Waals surface area contributed by atoms with Crippen molar-refractivity contribution in [1.82, 2.24) is 0 Å². The van der Waals surface area contributed by atoms with Crippen molar-refractivity contribution in [3.05, 3.63) is 33.9 Å². The number of nitrogens with zero attached hydrogens (tertiary/aromatic N) is 1. The number of epoxide rings is 1. The summed E-state index contributed by atoms with van der Waals surface area (Å²) in [4.78, 5) is 10.5. The molecular formula is C11H11NO4. The number of nitro groups is 1. The zero-order chi connectivity index (χ0) is 11.5. The van der Waals surface area contributed by atoms with Gasteiger partial charge in [0.25, 0.3) is 5.69 Å². The third kappa shape index (κ3) is 1.15. The van der Waals surface area contributed by atoms with Gasteiger partial charge in [-0.15, -0.1) is 0 Å². The van der Waals surface area contributed by atoms with Crippen LogP contribution in [0.15, 0.2) is 18.2 Å². The van der Waals surface area contributed by atoms with Crippen molar-refractivity contribution in [3.63, 3.8) is 0 Å². The largest absolute Gasteiger partial charge is 0.484 e. The van der Waals surface area contributed by atoms with Crippen LogP contribution in [0.5, 0.6) is 5.75 Å². The van der Waals surface area contributed by atoms with Crippen LogP contribution in [0.1, 0.15) is 25.5 Å². The molecule has 2 aliphatic rings. The second kappa shape index (κ2) is 2.74. The zero-order valence-electron chi connectivity index (χ0n) is 8.97. The van der Waals surface area contributed by atoms with Gasteiger partial charge >= 0.3 is 0 Å². The average Bonchev–Trinajstić information content (AvgIpc) is 2.96. The second-order valence-electron chi connectivity index (χ2n) is 4.63. The van der Waals surface area contributed by atoms with Crippen molar-refractivity contribution in [2.24, 2.45) is 0 Å². The van der Waals surface area contributed by atoms with E-state index in [0.29, 0.717) is 11.3 Å². The Morgan fingerprint density at radius 2 is 2.19 bits per heavy atom. The number of nitro benzene ring substituents is 1. The van der Waals surface area contributed by atoms with Crippen LogP contribution in [0.2, 0.25) is 0 Å². The van der Waals surface area contributed by atoms with Crippen LogP contribution in [-0.2, 0) is 4.74 Å². The van der Waals surface area contributed by atoms with E-state index in [0.717, 1.165) is 0 Å². The molecule has 0 aromatic heterocycles. The van der Waals surface area contributed by atoms with E-state index < -0.39 is 5.60 Å². The summed E-state index contributed by atoms with van der Waals surface area (Å²) in [5.74, 6) is 0.568. The predicted octanol–water partition coefficient (Wildman–Crippen LogP) is 2.21. The van der Waals surface area contributed by atoms with Gasteiger partial charge in [-0.1, -0.05) is 6.07 Å². The minimum atomic E-state index is -0.410. The Balaban J connectivity index is 2.16. The Kier molecular flexibility index (Phi) is 1.64. The number of rotatable bonds is 1. The molecule has 84 valence electrons. The zero-order valence-corrected chi connectivity index (χ0v) is 8.97. The van der Waals surface area contributed by atoms with Crippen LogP contribution in [0.25, 0.3) is 0 Å². The minimum absolute atomic E-state index is 0.0684. The summed E-state index contributed by atoms with van der Waals surface area (Å²) in [6.07, 6.45) is -0.249. The molecule has 1 aromatic carbocycles. The van der Waals surface area contributed by atoms with Gasteiger partial charge in [-0.05, 0) is 19.9 Å². The number of hydrogen-bond donors (Lipinski definition) is 0. The number of benzene rings is 1. The highest BCUT2D eigenvalue weighted by atomic mass is 16.6. The van der Waals surface area contributed by atoms with E-state index in [1.54, 1.807) is 12.1 Å². The Morgan fingerprint density at radius 3 is 2.88 bits per heavy atom. The topological polar surface area (TPSA) is 64.9 Å². The lowest BCUT2D eigenvalue weighted by atomic mass is 9.93. The summed E-state index contributed by atoms with van der Waals surface area (Å²) >= 11 is 0. The van der Waals surface area contributed by atoms with E-state index in [-0.39, 0.29) is 22.8 Å². The summed E-state index contributed by atoms with van der Waals surface area (Å²) in [5.41, 5.74) is 0.254. The maximum atomic E-state index is 10.9. The molecule has 1 saturated heterocycles. The molecule has 2 heterocycles. The first-order chi connectivity index (χ1) is 7.50. The maximum Gasteiger partial charge on any atom is 0.279 e. The Bertz CT molecular complexity index is 483. The summed E-state index contributed by atoms with van der Waals surface area (Å²) in [5, 5.41) is 10.9. The van der Waals surface area contributed by atoms with Crippen LogP contribution in [0.4, 0.5) is 5.69 Å². The SMILES string of the molecule is CC1(C)Oc2cccc([N+](=O)[O-])c2C2OC21. The van der Waals surface area contributed by atoms with E-state index >= 15 is 0 Å². The van der Waals surface area contributed by atoms with Gasteiger partial charge in [0.2, 0.25) is 0 Å². The van der Waals surface area contributed by atoms with Crippen LogP contribution < -0.4 is 4.74 Å². The molecule has 0 bridgehead atoms. The molecule has 16 heavy (non-hydrogen) atoms. The second-order valence-corrected chi connectivity index (χ2v) is 4.63. The Hall–Kier alpha value is -1.62. The molecular weight excluding hydrogens is 210 g/mol. The molecule has 2 aliphatic heterocycles. The molecule has 5 nitrogen and oxygen atoms in total. The van der Waals surface area contributed by atoms with Gasteiger partial charge in [0.05, 0.1) is 4.92 Å². The average molecular weight is 221 g/mol. The van der Waals surface area contributed by atoms with Crippen molar-refractivity contribution >= 4 is 5.69 Å². The first-order valence-corrected chi connectivity index (χ1v) is 5.12. The number of hydrogen-bond acceptors (Lipinski definition) is 4. The van der Waals surface area contributed by atoms with Crippen molar-refractivity contribution in [1.29, 1.82) is 0 Å². The van der Waals surface area contributed by atoms with E-state index in [1.807, 2.05) is 13.8 Å². The Labute approximate surface area is 92.1 Å². The lowest BCUT2D eigenvalue weighted by Crippen LogP contribution is -2.37. The highest BCUT2D eigenvalue weighted by molar-refractivity contribution is 5.55. The van der Waals surface area contributed by atoms with E-state index in [2.05, 4.69) is 0 Å². The monoisotopic (exact) mass is 221 g/mol. The lowest BCUT2D eigenvalue weighted by molar-refractivity contribution is -0.385. The lowest BCUT2D eigenvalue weighted by Gasteiger charge is -2.29. The van der Waals surface area contributed by atoms with Crippen LogP contribution in [0.3, 0.4) is 0 Å². The molecule has 0 N–H and O–H groups in total. The van der Waals surface area contributed by atoms with E-state index in [1.165, 1.54) is 6.07 Å². The van der Waals surface area contributed by atoms with E-state index in [4.69, 9.17) is 9.47 Å². The minimum Gasteiger partial charge on any atom is -0.484 e. The van der Waals surface area contributed by atoms with Gasteiger partial charge in [-0.3, -0.25) is 10.1 Å². The number of ether oxygens (including phenoxy) is 2. The Morgan fingerprint density at radius 1 is 1.44 bits per heavy atom. The molecule has 1 aromatic rings. The van der Waals surface area contributed by atoms with Crippen LogP contribution in [0, 0.1) is 10.1 Å². The van der Waals surface area contributed by atoms with Crippen molar-refractivity contribution in [2.75, 3.05) is 0 Å². The van der Waals surface area contributed by atoms with Gasteiger partial charge in [0.1, 0.15) is 29.1 Å². The molecule has 0 saturated carbocycles. The third-order valence-electron chi connectivity index (χ3n) is 3.07. The molecule has 2 atom stereocenters. The molecule has 3 rings (SSSR count). The fourth-order valence-corrected chi connectivity index (χ4v) is 2.27. The summed E-state index contributed by atoms with van der Waals surface area (Å²) in [6.45, 7) is 3.86. The van der Waals surface area contributed by atoms with Crippen LogP contribution >= 0.6 is 0 Å². The quantitative estimate of drug-likeness (QED) is 0.414. The molecule has 2 unspecified atom stereocenters. The fraction of sp³-hybridized carbons (Fsp3) is 0.455. The van der Waals surface area contributed by atoms with Gasteiger partial charge in [-0.25, -0.2) is 0 Å². The molecule has 5 heteroatoms. The van der Waals surface area contributed by atoms with Gasteiger partial charge < -0.3 is 9.47 Å². The van der Waals surface area contributed by atoms with Crippen molar-refractivity contribution < 1.29 is 14.4 Å². The molecule has 0 spiro atoms. The summed E-state index contributed by atoms with van der Waals surface area (Å²) < 4.78 is 11.2. The molecule has 0 radical (unpaired) electrons. The van der Waals surface area contributed by atoms with Crippen LogP contribution in [-0.4, -0.2) is 16.6 Å². The highest BCUT2D eigenvalue weighted by Gasteiger charge is 2.58. The molecule has 0 aliphatic carbocycles. The maximum absolute atomic E-state index is 10.9. The standard InChI is InChI=1S/C11H11NO4/c1-11(2)10-9(15-10)8-6(12(13)14)4-3-5-7(8)16-11/h3-5,9-10H,1-2H3. The highest BCUT2D eigenvalue weighted by Crippen LogP contribution is 2.56. The third-order valence-corrected chi connectivity index (χ3v) is 3.07.